The van der Waals surface area contributed by atoms with Gasteiger partial charge in [0.2, 0.25) is 11.8 Å². The summed E-state index contributed by atoms with van der Waals surface area (Å²) >= 11 is 0. The van der Waals surface area contributed by atoms with Gasteiger partial charge in [-0.3, -0.25) is 0 Å². The number of benzene rings is 1. The summed E-state index contributed by atoms with van der Waals surface area (Å²) < 4.78 is 11.1. The first-order valence-electron chi connectivity index (χ1n) is 6.96. The molecule has 108 valence electrons. The van der Waals surface area contributed by atoms with E-state index in [1.165, 1.54) is 0 Å². The summed E-state index contributed by atoms with van der Waals surface area (Å²) in [6.07, 6.45) is 1.50. The fourth-order valence-electron chi connectivity index (χ4n) is 2.14. The quantitative estimate of drug-likeness (QED) is 0.842. The number of nitrogens with one attached hydrogen (secondary N) is 1. The van der Waals surface area contributed by atoms with Crippen molar-refractivity contribution >= 4 is 0 Å². The number of methoxy groups -OCH3 is 1. The molecule has 0 fully saturated rings. The predicted octanol–water partition coefficient (Wildman–Crippen LogP) is 2.73. The Labute approximate surface area is 119 Å². The lowest BCUT2D eigenvalue weighted by Gasteiger charge is -2.10. The van der Waals surface area contributed by atoms with Gasteiger partial charge in [0.05, 0.1) is 19.6 Å². The molecule has 2 aromatic rings. The zero-order chi connectivity index (χ0) is 14.4. The molecule has 1 N–H and O–H groups in total. The van der Waals surface area contributed by atoms with Gasteiger partial charge in [-0.15, -0.1) is 10.2 Å². The Morgan fingerprint density at radius 2 is 2.05 bits per heavy atom. The average Bonchev–Trinajstić information content (AvgIpc) is 2.93. The maximum atomic E-state index is 5.75. The van der Waals surface area contributed by atoms with Crippen LogP contribution in [0.2, 0.25) is 0 Å². The zero-order valence-corrected chi connectivity index (χ0v) is 12.2. The second kappa shape index (κ2) is 7.05. The number of hydrogen-bond donors (Lipinski definition) is 1. The van der Waals surface area contributed by atoms with E-state index in [0.717, 1.165) is 24.3 Å². The summed E-state index contributed by atoms with van der Waals surface area (Å²) in [7, 11) is 1.66. The first-order chi connectivity index (χ1) is 9.78. The van der Waals surface area contributed by atoms with Gasteiger partial charge in [0.1, 0.15) is 5.75 Å². The van der Waals surface area contributed by atoms with Crippen molar-refractivity contribution in [2.75, 3.05) is 13.7 Å². The van der Waals surface area contributed by atoms with Crippen LogP contribution < -0.4 is 10.1 Å². The summed E-state index contributed by atoms with van der Waals surface area (Å²) in [5, 5.41) is 11.6. The normalized spacial score (nSPS) is 12.3. The van der Waals surface area contributed by atoms with Gasteiger partial charge in [-0.25, -0.2) is 0 Å². The van der Waals surface area contributed by atoms with E-state index in [-0.39, 0.29) is 6.04 Å². The molecule has 0 aliphatic carbocycles. The molecule has 1 unspecified atom stereocenters. The van der Waals surface area contributed by atoms with E-state index in [1.54, 1.807) is 7.11 Å². The lowest BCUT2D eigenvalue weighted by atomic mass is 10.1. The average molecular weight is 275 g/mol. The number of hydrogen-bond acceptors (Lipinski definition) is 5. The highest BCUT2D eigenvalue weighted by molar-refractivity contribution is 5.34. The molecule has 2 rings (SSSR count). The largest absolute Gasteiger partial charge is 0.496 e. The molecular weight excluding hydrogens is 254 g/mol. The van der Waals surface area contributed by atoms with E-state index in [1.807, 2.05) is 24.3 Å². The maximum absolute atomic E-state index is 5.75. The number of aromatic nitrogens is 2. The van der Waals surface area contributed by atoms with Crippen LogP contribution >= 0.6 is 0 Å². The highest BCUT2D eigenvalue weighted by atomic mass is 16.5. The van der Waals surface area contributed by atoms with Crippen LogP contribution in [0.25, 0.3) is 0 Å². The van der Waals surface area contributed by atoms with E-state index < -0.39 is 0 Å². The lowest BCUT2D eigenvalue weighted by Crippen LogP contribution is -2.20. The van der Waals surface area contributed by atoms with Crippen molar-refractivity contribution in [3.8, 4) is 5.75 Å². The second-order valence-corrected chi connectivity index (χ2v) is 4.54. The summed E-state index contributed by atoms with van der Waals surface area (Å²) in [5.41, 5.74) is 1.04. The Kier molecular flexibility index (Phi) is 5.12. The SMILES string of the molecule is CCNC(CC)c1nnc(Cc2ccccc2OC)o1. The van der Waals surface area contributed by atoms with Crippen LogP contribution in [-0.4, -0.2) is 23.9 Å². The lowest BCUT2D eigenvalue weighted by molar-refractivity contribution is 0.377. The van der Waals surface area contributed by atoms with Crippen molar-refractivity contribution in [3.63, 3.8) is 0 Å². The first kappa shape index (κ1) is 14.5. The third kappa shape index (κ3) is 3.36. The van der Waals surface area contributed by atoms with Crippen molar-refractivity contribution in [1.29, 1.82) is 0 Å². The molecule has 5 heteroatoms. The molecule has 1 atom stereocenters. The van der Waals surface area contributed by atoms with Gasteiger partial charge >= 0.3 is 0 Å². The van der Waals surface area contributed by atoms with Crippen molar-refractivity contribution in [2.45, 2.75) is 32.7 Å². The zero-order valence-electron chi connectivity index (χ0n) is 12.2. The van der Waals surface area contributed by atoms with Crippen LogP contribution in [0.15, 0.2) is 28.7 Å². The Hall–Kier alpha value is -1.88. The van der Waals surface area contributed by atoms with Crippen molar-refractivity contribution < 1.29 is 9.15 Å². The highest BCUT2D eigenvalue weighted by Crippen LogP contribution is 2.22. The molecule has 0 saturated heterocycles. The van der Waals surface area contributed by atoms with Crippen molar-refractivity contribution in [3.05, 3.63) is 41.6 Å². The molecule has 20 heavy (non-hydrogen) atoms. The van der Waals surface area contributed by atoms with Gasteiger partial charge in [0, 0.05) is 5.56 Å². The number of ether oxygens (including phenoxy) is 1. The molecule has 1 aromatic heterocycles. The summed E-state index contributed by atoms with van der Waals surface area (Å²) in [6, 6.07) is 7.98. The van der Waals surface area contributed by atoms with E-state index >= 15 is 0 Å². The van der Waals surface area contributed by atoms with Gasteiger partial charge in [-0.1, -0.05) is 32.0 Å². The molecule has 0 aliphatic rings. The van der Waals surface area contributed by atoms with Crippen LogP contribution in [0.4, 0.5) is 0 Å². The van der Waals surface area contributed by atoms with Gasteiger partial charge in [-0.2, -0.15) is 0 Å². The molecule has 1 aromatic carbocycles. The predicted molar refractivity (Wildman–Crippen MR) is 76.8 cm³/mol. The number of nitrogens with zero attached hydrogens (tertiary/aromatic N) is 2. The minimum absolute atomic E-state index is 0.124. The maximum Gasteiger partial charge on any atom is 0.233 e. The fourth-order valence-corrected chi connectivity index (χ4v) is 2.14. The summed E-state index contributed by atoms with van der Waals surface area (Å²) in [4.78, 5) is 0. The van der Waals surface area contributed by atoms with Crippen LogP contribution in [0.1, 0.15) is 43.7 Å². The van der Waals surface area contributed by atoms with Gasteiger partial charge < -0.3 is 14.5 Å². The molecule has 0 amide bonds. The Bertz CT molecular complexity index is 539. The molecule has 0 spiro atoms. The third-order valence-corrected chi connectivity index (χ3v) is 3.17. The molecule has 0 saturated carbocycles. The standard InChI is InChI=1S/C15H21N3O2/c1-4-12(16-5-2)15-18-17-14(20-15)10-11-8-6-7-9-13(11)19-3/h6-9,12,16H,4-5,10H2,1-3H3. The Balaban J connectivity index is 2.13. The number of para-hydroxylation sites is 1. The smallest absolute Gasteiger partial charge is 0.233 e. The van der Waals surface area contributed by atoms with Crippen molar-refractivity contribution in [2.24, 2.45) is 0 Å². The fraction of sp³-hybridized carbons (Fsp3) is 0.467. The number of rotatable bonds is 7. The van der Waals surface area contributed by atoms with E-state index in [9.17, 15) is 0 Å². The van der Waals surface area contributed by atoms with Crippen LogP contribution in [0.3, 0.4) is 0 Å². The van der Waals surface area contributed by atoms with E-state index in [0.29, 0.717) is 18.2 Å². The summed E-state index contributed by atoms with van der Waals surface area (Å²) in [6.45, 7) is 5.04. The minimum Gasteiger partial charge on any atom is -0.496 e. The molecule has 0 bridgehead atoms. The molecule has 0 radical (unpaired) electrons. The van der Waals surface area contributed by atoms with Crippen LogP contribution in [0.5, 0.6) is 5.75 Å². The van der Waals surface area contributed by atoms with Crippen molar-refractivity contribution in [1.82, 2.24) is 15.5 Å². The summed E-state index contributed by atoms with van der Waals surface area (Å²) in [5.74, 6) is 2.10. The minimum atomic E-state index is 0.124. The highest BCUT2D eigenvalue weighted by Gasteiger charge is 2.16. The van der Waals surface area contributed by atoms with Gasteiger partial charge in [0.25, 0.3) is 0 Å². The Morgan fingerprint density at radius 1 is 1.25 bits per heavy atom. The van der Waals surface area contributed by atoms with Crippen LogP contribution in [0, 0.1) is 0 Å². The van der Waals surface area contributed by atoms with Gasteiger partial charge in [0.15, 0.2) is 0 Å². The van der Waals surface area contributed by atoms with Crippen LogP contribution in [-0.2, 0) is 6.42 Å². The van der Waals surface area contributed by atoms with E-state index in [4.69, 9.17) is 9.15 Å². The molecule has 5 nitrogen and oxygen atoms in total. The first-order valence-corrected chi connectivity index (χ1v) is 6.96. The molecular formula is C15H21N3O2. The second-order valence-electron chi connectivity index (χ2n) is 4.54. The van der Waals surface area contributed by atoms with Gasteiger partial charge in [-0.05, 0) is 19.0 Å². The Morgan fingerprint density at radius 3 is 2.75 bits per heavy atom. The van der Waals surface area contributed by atoms with E-state index in [2.05, 4.69) is 29.4 Å². The molecule has 1 heterocycles. The third-order valence-electron chi connectivity index (χ3n) is 3.17. The topological polar surface area (TPSA) is 60.2 Å². The molecule has 0 aliphatic heterocycles. The monoisotopic (exact) mass is 275 g/mol.